The van der Waals surface area contributed by atoms with Crippen molar-refractivity contribution >= 4 is 34.7 Å². The SMILES string of the molecule is C[C@H]1CCCCNC(=O)c2cccc(c2)C(=O)Nc2nc3cccc(C(=O)N4CC(C)(O)C4)c3n21. The Morgan fingerprint density at radius 2 is 1.80 bits per heavy atom. The lowest BCUT2D eigenvalue weighted by atomic mass is 9.95. The number of nitrogens with one attached hydrogen (secondary N) is 2. The number of amides is 3. The topological polar surface area (TPSA) is 117 Å². The molecular formula is C26H29N5O4. The van der Waals surface area contributed by atoms with E-state index >= 15 is 0 Å². The van der Waals surface area contributed by atoms with Gasteiger partial charge in [0.25, 0.3) is 17.7 Å². The van der Waals surface area contributed by atoms with Crippen LogP contribution in [0.5, 0.6) is 0 Å². The maximum Gasteiger partial charge on any atom is 0.257 e. The zero-order valence-electron chi connectivity index (χ0n) is 19.9. The number of likely N-dealkylation sites (tertiary alicyclic amines) is 1. The predicted octanol–water partition coefficient (Wildman–Crippen LogP) is 2.97. The number of imidazole rings is 1. The number of anilines is 1. The fourth-order valence-electron chi connectivity index (χ4n) is 4.90. The Balaban J connectivity index is 1.59. The lowest BCUT2D eigenvalue weighted by Crippen LogP contribution is -2.61. The molecule has 0 unspecified atom stereocenters. The van der Waals surface area contributed by atoms with Gasteiger partial charge >= 0.3 is 0 Å². The van der Waals surface area contributed by atoms with Gasteiger partial charge in [0, 0.05) is 23.7 Å². The minimum Gasteiger partial charge on any atom is -0.386 e. The summed E-state index contributed by atoms with van der Waals surface area (Å²) in [6.07, 6.45) is 2.43. The van der Waals surface area contributed by atoms with E-state index in [0.29, 0.717) is 40.2 Å². The van der Waals surface area contributed by atoms with Crippen molar-refractivity contribution in [3.05, 3.63) is 59.2 Å². The summed E-state index contributed by atoms with van der Waals surface area (Å²) in [6.45, 7) is 4.84. The van der Waals surface area contributed by atoms with Crippen LogP contribution in [-0.4, -0.2) is 62.5 Å². The fraction of sp³-hybridized carbons (Fsp3) is 0.385. The van der Waals surface area contributed by atoms with Gasteiger partial charge in [-0.2, -0.15) is 0 Å². The van der Waals surface area contributed by atoms with Gasteiger partial charge in [0.05, 0.1) is 35.3 Å². The Bertz CT molecular complexity index is 1320. The van der Waals surface area contributed by atoms with Gasteiger partial charge in [0.2, 0.25) is 5.95 Å². The zero-order valence-corrected chi connectivity index (χ0v) is 19.9. The van der Waals surface area contributed by atoms with E-state index in [1.807, 2.05) is 17.6 Å². The average Bonchev–Trinajstić information content (AvgIpc) is 3.19. The normalized spacial score (nSPS) is 20.3. The second-order valence-electron chi connectivity index (χ2n) is 9.77. The van der Waals surface area contributed by atoms with E-state index in [-0.39, 0.29) is 36.9 Å². The molecule has 0 spiro atoms. The Labute approximate surface area is 203 Å². The second-order valence-corrected chi connectivity index (χ2v) is 9.77. The number of β-amino-alcohol motifs (C(OH)–C–C–N with tert-alkyl or cyclic N) is 1. The molecule has 0 saturated carbocycles. The van der Waals surface area contributed by atoms with E-state index in [9.17, 15) is 19.5 Å². The van der Waals surface area contributed by atoms with E-state index in [1.165, 1.54) is 0 Å². The van der Waals surface area contributed by atoms with Crippen molar-refractivity contribution in [2.24, 2.45) is 0 Å². The number of para-hydroxylation sites is 1. The summed E-state index contributed by atoms with van der Waals surface area (Å²) in [7, 11) is 0. The smallest absolute Gasteiger partial charge is 0.257 e. The first-order chi connectivity index (χ1) is 16.7. The molecular weight excluding hydrogens is 446 g/mol. The monoisotopic (exact) mass is 475 g/mol. The standard InChI is InChI=1S/C26H29N5O4/c1-16-7-3-4-12-27-22(32)17-8-5-9-18(13-17)23(33)29-25-28-20-11-6-10-19(21(20)31(16)25)24(34)30-14-26(2,35)15-30/h5-6,8-11,13,16,35H,3-4,7,12,14-15H2,1-2H3,(H,27,32)(H,28,29,33)/t16-/m0/s1. The van der Waals surface area contributed by atoms with Gasteiger partial charge in [-0.05, 0) is 63.4 Å². The first-order valence-electron chi connectivity index (χ1n) is 12.0. The minimum atomic E-state index is -0.870. The third-order valence-corrected chi connectivity index (χ3v) is 6.68. The highest BCUT2D eigenvalue weighted by Crippen LogP contribution is 2.32. The molecule has 0 radical (unpaired) electrons. The molecule has 3 heterocycles. The summed E-state index contributed by atoms with van der Waals surface area (Å²) in [6, 6.07) is 11.9. The van der Waals surface area contributed by atoms with Crippen molar-refractivity contribution in [1.82, 2.24) is 19.8 Å². The van der Waals surface area contributed by atoms with Gasteiger partial charge in [0.15, 0.2) is 0 Å². The lowest BCUT2D eigenvalue weighted by molar-refractivity contribution is -0.0668. The largest absolute Gasteiger partial charge is 0.386 e. The van der Waals surface area contributed by atoms with E-state index in [0.717, 1.165) is 19.3 Å². The van der Waals surface area contributed by atoms with Crippen molar-refractivity contribution in [2.45, 2.75) is 44.8 Å². The van der Waals surface area contributed by atoms with Crippen LogP contribution in [-0.2, 0) is 0 Å². The van der Waals surface area contributed by atoms with Gasteiger partial charge in [-0.15, -0.1) is 0 Å². The molecule has 1 aromatic heterocycles. The highest BCUT2D eigenvalue weighted by atomic mass is 16.3. The minimum absolute atomic E-state index is 0.0614. The van der Waals surface area contributed by atoms with E-state index < -0.39 is 5.60 Å². The molecule has 2 bridgehead atoms. The number of fused-ring (bicyclic) bond motifs is 5. The number of hydrogen-bond donors (Lipinski definition) is 3. The fourth-order valence-corrected chi connectivity index (χ4v) is 4.90. The molecule has 3 N–H and O–H groups in total. The molecule has 2 aromatic carbocycles. The van der Waals surface area contributed by atoms with Crippen LogP contribution in [0.2, 0.25) is 0 Å². The number of hydrogen-bond acceptors (Lipinski definition) is 5. The highest BCUT2D eigenvalue weighted by molar-refractivity contribution is 6.08. The van der Waals surface area contributed by atoms with Crippen molar-refractivity contribution in [2.75, 3.05) is 25.0 Å². The van der Waals surface area contributed by atoms with Crippen LogP contribution < -0.4 is 10.6 Å². The van der Waals surface area contributed by atoms with Crippen LogP contribution in [0.15, 0.2) is 42.5 Å². The summed E-state index contributed by atoms with van der Waals surface area (Å²) >= 11 is 0. The molecule has 2 aliphatic heterocycles. The second kappa shape index (κ2) is 8.81. The van der Waals surface area contributed by atoms with Crippen LogP contribution in [0.3, 0.4) is 0 Å². The zero-order chi connectivity index (χ0) is 24.7. The summed E-state index contributed by atoms with van der Waals surface area (Å²) in [4.78, 5) is 45.2. The van der Waals surface area contributed by atoms with Crippen molar-refractivity contribution in [1.29, 1.82) is 0 Å². The molecule has 3 aromatic rings. The van der Waals surface area contributed by atoms with Crippen molar-refractivity contribution in [3.63, 3.8) is 0 Å². The summed E-state index contributed by atoms with van der Waals surface area (Å²) in [5.41, 5.74) is 1.68. The number of carbonyl (C=O) groups is 3. The molecule has 9 nitrogen and oxygen atoms in total. The average molecular weight is 476 g/mol. The number of rotatable bonds is 1. The first kappa shape index (κ1) is 23.0. The van der Waals surface area contributed by atoms with Crippen LogP contribution in [0.1, 0.15) is 70.2 Å². The Morgan fingerprint density at radius 1 is 1.09 bits per heavy atom. The molecule has 1 atom stereocenters. The molecule has 9 heteroatoms. The Morgan fingerprint density at radius 3 is 2.54 bits per heavy atom. The maximum absolute atomic E-state index is 13.3. The number of aromatic nitrogens is 2. The highest BCUT2D eigenvalue weighted by Gasteiger charge is 2.40. The van der Waals surface area contributed by atoms with E-state index in [2.05, 4.69) is 15.6 Å². The maximum atomic E-state index is 13.3. The number of aliphatic hydroxyl groups is 1. The van der Waals surface area contributed by atoms with Crippen molar-refractivity contribution in [3.8, 4) is 0 Å². The van der Waals surface area contributed by atoms with Crippen LogP contribution in [0.25, 0.3) is 11.0 Å². The quantitative estimate of drug-likeness (QED) is 0.500. The number of nitrogens with zero attached hydrogens (tertiary/aromatic N) is 3. The molecule has 182 valence electrons. The number of benzene rings is 2. The van der Waals surface area contributed by atoms with E-state index in [1.54, 1.807) is 48.2 Å². The molecule has 3 amide bonds. The predicted molar refractivity (Wildman–Crippen MR) is 132 cm³/mol. The van der Waals surface area contributed by atoms with Gasteiger partial charge in [-0.1, -0.05) is 12.1 Å². The third kappa shape index (κ3) is 4.39. The van der Waals surface area contributed by atoms with E-state index in [4.69, 9.17) is 0 Å². The van der Waals surface area contributed by atoms with Crippen LogP contribution in [0.4, 0.5) is 5.95 Å². The lowest BCUT2D eigenvalue weighted by Gasteiger charge is -2.44. The Kier molecular flexibility index (Phi) is 5.80. The van der Waals surface area contributed by atoms with Gasteiger partial charge in [-0.25, -0.2) is 4.98 Å². The summed E-state index contributed by atoms with van der Waals surface area (Å²) in [5.74, 6) is -0.393. The summed E-state index contributed by atoms with van der Waals surface area (Å²) in [5, 5.41) is 15.9. The molecule has 35 heavy (non-hydrogen) atoms. The van der Waals surface area contributed by atoms with Crippen LogP contribution >= 0.6 is 0 Å². The molecule has 5 rings (SSSR count). The third-order valence-electron chi connectivity index (χ3n) is 6.68. The molecule has 2 aliphatic rings. The van der Waals surface area contributed by atoms with Gasteiger partial charge < -0.3 is 19.9 Å². The summed E-state index contributed by atoms with van der Waals surface area (Å²) < 4.78 is 1.94. The Hall–Kier alpha value is -3.72. The molecule has 0 aliphatic carbocycles. The first-order valence-corrected chi connectivity index (χ1v) is 12.0. The molecule has 1 fully saturated rings. The van der Waals surface area contributed by atoms with Gasteiger partial charge in [0.1, 0.15) is 0 Å². The van der Waals surface area contributed by atoms with Gasteiger partial charge in [-0.3, -0.25) is 19.7 Å². The van der Waals surface area contributed by atoms with Crippen LogP contribution in [0, 0.1) is 0 Å². The molecule has 1 saturated heterocycles. The van der Waals surface area contributed by atoms with Crippen molar-refractivity contribution < 1.29 is 19.5 Å². The number of carbonyl (C=O) groups excluding carboxylic acids is 3.